The molecule has 0 aromatic carbocycles. The van der Waals surface area contributed by atoms with Gasteiger partial charge in [0.1, 0.15) is 5.69 Å². The van der Waals surface area contributed by atoms with Gasteiger partial charge in [-0.1, -0.05) is 6.07 Å². The van der Waals surface area contributed by atoms with Crippen LogP contribution in [-0.4, -0.2) is 19.6 Å². The Morgan fingerprint density at radius 1 is 1.22 bits per heavy atom. The van der Waals surface area contributed by atoms with E-state index in [9.17, 15) is 0 Å². The second-order valence-corrected chi connectivity index (χ2v) is 4.18. The smallest absolute Gasteiger partial charge is 0.153 e. The molecule has 0 aliphatic heterocycles. The van der Waals surface area contributed by atoms with E-state index in [0.29, 0.717) is 0 Å². The molecule has 0 unspecified atom stereocenters. The average molecular weight is 239 g/mol. The van der Waals surface area contributed by atoms with E-state index in [4.69, 9.17) is 5.73 Å². The summed E-state index contributed by atoms with van der Waals surface area (Å²) < 4.78 is 1.73. The fraction of sp³-hybridized carbons (Fsp3) is 0.154. The highest BCUT2D eigenvalue weighted by atomic mass is 15.2. The van der Waals surface area contributed by atoms with Gasteiger partial charge in [0.25, 0.3) is 0 Å². The summed E-state index contributed by atoms with van der Waals surface area (Å²) >= 11 is 0. The van der Waals surface area contributed by atoms with Crippen LogP contribution in [0.1, 0.15) is 18.5 Å². The van der Waals surface area contributed by atoms with Crippen LogP contribution in [0.3, 0.4) is 0 Å². The van der Waals surface area contributed by atoms with Crippen LogP contribution >= 0.6 is 0 Å². The first-order valence-corrected chi connectivity index (χ1v) is 5.77. The summed E-state index contributed by atoms with van der Waals surface area (Å²) in [7, 11) is 0. The van der Waals surface area contributed by atoms with E-state index >= 15 is 0 Å². The molecule has 0 aliphatic rings. The Kier molecular flexibility index (Phi) is 2.53. The van der Waals surface area contributed by atoms with Crippen LogP contribution in [0.15, 0.2) is 42.9 Å². The fourth-order valence-corrected chi connectivity index (χ4v) is 1.92. The molecule has 1 atom stereocenters. The third-order valence-corrected chi connectivity index (χ3v) is 2.81. The van der Waals surface area contributed by atoms with Crippen molar-refractivity contribution < 1.29 is 0 Å². The molecule has 18 heavy (non-hydrogen) atoms. The molecular formula is C13H13N5. The van der Waals surface area contributed by atoms with Crippen molar-refractivity contribution in [1.29, 1.82) is 0 Å². The highest BCUT2D eigenvalue weighted by Crippen LogP contribution is 2.24. The van der Waals surface area contributed by atoms with Gasteiger partial charge >= 0.3 is 0 Å². The lowest BCUT2D eigenvalue weighted by Crippen LogP contribution is -2.10. The van der Waals surface area contributed by atoms with Gasteiger partial charge in [0.2, 0.25) is 0 Å². The zero-order chi connectivity index (χ0) is 12.5. The van der Waals surface area contributed by atoms with E-state index in [1.807, 2.05) is 37.4 Å². The minimum atomic E-state index is -0.115. The molecule has 0 saturated carbocycles. The Morgan fingerprint density at radius 2 is 2.11 bits per heavy atom. The Balaban J connectivity index is 2.28. The average Bonchev–Trinajstić information content (AvgIpc) is 2.85. The summed E-state index contributed by atoms with van der Waals surface area (Å²) in [6.07, 6.45) is 5.28. The third kappa shape index (κ3) is 1.74. The molecule has 3 aromatic rings. The van der Waals surface area contributed by atoms with Crippen LogP contribution in [0.4, 0.5) is 0 Å². The van der Waals surface area contributed by atoms with E-state index < -0.39 is 0 Å². The molecule has 5 heteroatoms. The Bertz CT molecular complexity index is 672. The number of fused-ring (bicyclic) bond motifs is 1. The lowest BCUT2D eigenvalue weighted by atomic mass is 10.1. The minimum Gasteiger partial charge on any atom is -0.324 e. The van der Waals surface area contributed by atoms with Crippen LogP contribution in [0.2, 0.25) is 0 Å². The molecule has 0 aliphatic carbocycles. The summed E-state index contributed by atoms with van der Waals surface area (Å²) in [6, 6.07) is 7.59. The summed E-state index contributed by atoms with van der Waals surface area (Å²) in [4.78, 5) is 8.55. The van der Waals surface area contributed by atoms with E-state index in [1.165, 1.54) is 0 Å². The maximum atomic E-state index is 6.01. The molecule has 0 amide bonds. The number of rotatable bonds is 2. The van der Waals surface area contributed by atoms with Crippen molar-refractivity contribution in [1.82, 2.24) is 19.6 Å². The van der Waals surface area contributed by atoms with Crippen molar-refractivity contribution in [3.8, 4) is 11.4 Å². The number of hydrogen-bond acceptors (Lipinski definition) is 4. The second kappa shape index (κ2) is 4.19. The predicted molar refractivity (Wildman–Crippen MR) is 68.8 cm³/mol. The first-order chi connectivity index (χ1) is 8.75. The molecule has 0 radical (unpaired) electrons. The van der Waals surface area contributed by atoms with Gasteiger partial charge in [-0.05, 0) is 25.1 Å². The fourth-order valence-electron chi connectivity index (χ4n) is 1.92. The van der Waals surface area contributed by atoms with Crippen molar-refractivity contribution >= 4 is 5.65 Å². The van der Waals surface area contributed by atoms with Gasteiger partial charge in [0.05, 0.1) is 5.69 Å². The first kappa shape index (κ1) is 10.9. The van der Waals surface area contributed by atoms with Crippen LogP contribution in [0.25, 0.3) is 17.0 Å². The van der Waals surface area contributed by atoms with Crippen molar-refractivity contribution in [2.45, 2.75) is 13.0 Å². The van der Waals surface area contributed by atoms with Crippen molar-refractivity contribution in [3.05, 3.63) is 48.4 Å². The molecule has 5 nitrogen and oxygen atoms in total. The summed E-state index contributed by atoms with van der Waals surface area (Å²) in [5.41, 5.74) is 9.37. The molecule has 2 N–H and O–H groups in total. The van der Waals surface area contributed by atoms with Crippen LogP contribution in [0.5, 0.6) is 0 Å². The normalized spacial score (nSPS) is 12.8. The largest absolute Gasteiger partial charge is 0.324 e. The van der Waals surface area contributed by atoms with Crippen molar-refractivity contribution in [2.24, 2.45) is 5.73 Å². The second-order valence-electron chi connectivity index (χ2n) is 4.18. The monoisotopic (exact) mass is 239 g/mol. The standard InChI is InChI=1S/C13H13N5/c1-9(14)10-8-12-16-6-7-18(12)17-13(10)11-4-2-3-5-15-11/h2-9H,14H2,1H3/t9-/m0/s1. The van der Waals surface area contributed by atoms with E-state index in [2.05, 4.69) is 15.1 Å². The summed E-state index contributed by atoms with van der Waals surface area (Å²) in [5, 5.41) is 4.54. The lowest BCUT2D eigenvalue weighted by molar-refractivity contribution is 0.797. The molecule has 3 aromatic heterocycles. The van der Waals surface area contributed by atoms with E-state index in [-0.39, 0.29) is 6.04 Å². The number of hydrogen-bond donors (Lipinski definition) is 1. The third-order valence-electron chi connectivity index (χ3n) is 2.81. The molecule has 3 heterocycles. The number of aromatic nitrogens is 4. The number of nitrogens with two attached hydrogens (primary N) is 1. The quantitative estimate of drug-likeness (QED) is 0.740. The topological polar surface area (TPSA) is 69.1 Å². The molecule has 90 valence electrons. The van der Waals surface area contributed by atoms with Crippen molar-refractivity contribution in [2.75, 3.05) is 0 Å². The Hall–Kier alpha value is -2.27. The molecular weight excluding hydrogens is 226 g/mol. The maximum absolute atomic E-state index is 6.01. The number of imidazole rings is 1. The van der Waals surface area contributed by atoms with Gasteiger partial charge < -0.3 is 5.73 Å². The minimum absolute atomic E-state index is 0.115. The van der Waals surface area contributed by atoms with Crippen LogP contribution in [0, 0.1) is 0 Å². The zero-order valence-electron chi connectivity index (χ0n) is 9.99. The van der Waals surface area contributed by atoms with Gasteiger partial charge in [0, 0.05) is 30.2 Å². The van der Waals surface area contributed by atoms with Crippen LogP contribution in [-0.2, 0) is 0 Å². The van der Waals surface area contributed by atoms with Gasteiger partial charge in [-0.3, -0.25) is 4.98 Å². The zero-order valence-corrected chi connectivity index (χ0v) is 9.99. The first-order valence-electron chi connectivity index (χ1n) is 5.77. The van der Waals surface area contributed by atoms with Gasteiger partial charge in [0.15, 0.2) is 5.65 Å². The molecule has 3 rings (SSSR count). The van der Waals surface area contributed by atoms with Gasteiger partial charge in [-0.25, -0.2) is 9.50 Å². The van der Waals surface area contributed by atoms with Crippen molar-refractivity contribution in [3.63, 3.8) is 0 Å². The van der Waals surface area contributed by atoms with Gasteiger partial charge in [-0.2, -0.15) is 5.10 Å². The van der Waals surface area contributed by atoms with E-state index in [0.717, 1.165) is 22.6 Å². The summed E-state index contributed by atoms with van der Waals surface area (Å²) in [6.45, 7) is 1.93. The maximum Gasteiger partial charge on any atom is 0.153 e. The van der Waals surface area contributed by atoms with E-state index in [1.54, 1.807) is 16.9 Å². The molecule has 0 bridgehead atoms. The molecule has 0 spiro atoms. The number of nitrogens with zero attached hydrogens (tertiary/aromatic N) is 4. The number of pyridine rings is 1. The highest BCUT2D eigenvalue weighted by Gasteiger charge is 2.13. The highest BCUT2D eigenvalue weighted by molar-refractivity contribution is 5.61. The Labute approximate surface area is 104 Å². The SMILES string of the molecule is C[C@H](N)c1cc2nccn2nc1-c1ccccn1. The molecule has 0 saturated heterocycles. The van der Waals surface area contributed by atoms with Crippen LogP contribution < -0.4 is 5.73 Å². The Morgan fingerprint density at radius 3 is 2.83 bits per heavy atom. The summed E-state index contributed by atoms with van der Waals surface area (Å²) in [5.74, 6) is 0. The predicted octanol–water partition coefficient (Wildman–Crippen LogP) is 1.81. The van der Waals surface area contributed by atoms with Gasteiger partial charge in [-0.15, -0.1) is 0 Å². The molecule has 0 fully saturated rings. The lowest BCUT2D eigenvalue weighted by Gasteiger charge is -2.11.